The van der Waals surface area contributed by atoms with Crippen LogP contribution >= 0.6 is 0 Å². The average Bonchev–Trinajstić information content (AvgIpc) is 2.31. The number of carbonyl (C=O) groups is 1. The first-order valence-electron chi connectivity index (χ1n) is 5.62. The maximum atomic E-state index is 11.7. The van der Waals surface area contributed by atoms with Crippen molar-refractivity contribution >= 4 is 5.97 Å². The fourth-order valence-corrected chi connectivity index (χ4v) is 1.98. The number of ether oxygens (including phenoxy) is 1. The van der Waals surface area contributed by atoms with E-state index in [9.17, 15) is 4.79 Å². The van der Waals surface area contributed by atoms with Gasteiger partial charge in [0.25, 0.3) is 0 Å². The highest BCUT2D eigenvalue weighted by Gasteiger charge is 2.18. The van der Waals surface area contributed by atoms with Gasteiger partial charge in [0, 0.05) is 0 Å². The fourth-order valence-electron chi connectivity index (χ4n) is 1.98. The Kier molecular flexibility index (Phi) is 3.38. The third-order valence-electron chi connectivity index (χ3n) is 2.84. The van der Waals surface area contributed by atoms with E-state index in [1.165, 1.54) is 19.3 Å². The molecule has 15 heavy (non-hydrogen) atoms. The molecule has 1 aromatic carbocycles. The summed E-state index contributed by atoms with van der Waals surface area (Å²) in [6.45, 7) is 0. The molecule has 1 saturated carbocycles. The van der Waals surface area contributed by atoms with Gasteiger partial charge in [-0.1, -0.05) is 24.6 Å². The van der Waals surface area contributed by atoms with Gasteiger partial charge in [0.15, 0.2) is 0 Å². The fraction of sp³-hybridized carbons (Fsp3) is 0.462. The summed E-state index contributed by atoms with van der Waals surface area (Å²) in [5.41, 5.74) is 0.656. The van der Waals surface area contributed by atoms with Crippen LogP contribution in [0.25, 0.3) is 0 Å². The molecular weight excluding hydrogens is 188 g/mol. The van der Waals surface area contributed by atoms with Crippen LogP contribution in [0.1, 0.15) is 42.5 Å². The van der Waals surface area contributed by atoms with Crippen molar-refractivity contribution in [3.63, 3.8) is 0 Å². The first-order chi connectivity index (χ1) is 7.36. The van der Waals surface area contributed by atoms with Crippen LogP contribution in [0.3, 0.4) is 0 Å². The van der Waals surface area contributed by atoms with Gasteiger partial charge in [0.1, 0.15) is 6.10 Å². The van der Waals surface area contributed by atoms with Gasteiger partial charge in [-0.25, -0.2) is 4.79 Å². The lowest BCUT2D eigenvalue weighted by Crippen LogP contribution is -2.20. The van der Waals surface area contributed by atoms with Gasteiger partial charge in [-0.05, 0) is 37.8 Å². The third-order valence-corrected chi connectivity index (χ3v) is 2.84. The molecule has 0 heterocycles. The summed E-state index contributed by atoms with van der Waals surface area (Å²) >= 11 is 0. The highest BCUT2D eigenvalue weighted by molar-refractivity contribution is 5.89. The first-order valence-corrected chi connectivity index (χ1v) is 5.62. The number of rotatable bonds is 2. The molecule has 0 spiro atoms. The van der Waals surface area contributed by atoms with E-state index in [4.69, 9.17) is 4.74 Å². The van der Waals surface area contributed by atoms with Gasteiger partial charge in [0.05, 0.1) is 5.56 Å². The van der Waals surface area contributed by atoms with Gasteiger partial charge in [-0.3, -0.25) is 0 Å². The summed E-state index contributed by atoms with van der Waals surface area (Å²) in [6.07, 6.45) is 5.85. The molecule has 2 rings (SSSR count). The normalized spacial score (nSPS) is 17.3. The highest BCUT2D eigenvalue weighted by atomic mass is 16.5. The second kappa shape index (κ2) is 4.96. The SMILES string of the molecule is O=C(OC1CCCCC1)c1ccccc1. The van der Waals surface area contributed by atoms with Gasteiger partial charge >= 0.3 is 5.97 Å². The molecule has 0 N–H and O–H groups in total. The van der Waals surface area contributed by atoms with Crippen LogP contribution in [0.2, 0.25) is 0 Å². The van der Waals surface area contributed by atoms with Crippen molar-refractivity contribution in [3.05, 3.63) is 35.9 Å². The van der Waals surface area contributed by atoms with Crippen molar-refractivity contribution in [2.24, 2.45) is 0 Å². The molecular formula is C13H16O2. The second-order valence-corrected chi connectivity index (χ2v) is 4.03. The van der Waals surface area contributed by atoms with E-state index in [1.807, 2.05) is 18.2 Å². The molecule has 0 radical (unpaired) electrons. The summed E-state index contributed by atoms with van der Waals surface area (Å²) in [5, 5.41) is 0. The van der Waals surface area contributed by atoms with E-state index >= 15 is 0 Å². The Labute approximate surface area is 90.3 Å². The van der Waals surface area contributed by atoms with Crippen molar-refractivity contribution in [1.29, 1.82) is 0 Å². The van der Waals surface area contributed by atoms with Gasteiger partial charge < -0.3 is 4.74 Å². The summed E-state index contributed by atoms with van der Waals surface area (Å²) in [4.78, 5) is 11.7. The molecule has 80 valence electrons. The van der Waals surface area contributed by atoms with E-state index in [1.54, 1.807) is 12.1 Å². The topological polar surface area (TPSA) is 26.3 Å². The zero-order valence-electron chi connectivity index (χ0n) is 8.82. The van der Waals surface area contributed by atoms with Crippen molar-refractivity contribution in [2.75, 3.05) is 0 Å². The molecule has 1 aliphatic carbocycles. The van der Waals surface area contributed by atoms with Gasteiger partial charge in [-0.15, -0.1) is 0 Å². The highest BCUT2D eigenvalue weighted by Crippen LogP contribution is 2.21. The summed E-state index contributed by atoms with van der Waals surface area (Å²) in [6, 6.07) is 9.21. The molecule has 0 bridgehead atoms. The second-order valence-electron chi connectivity index (χ2n) is 4.03. The molecule has 2 nitrogen and oxygen atoms in total. The van der Waals surface area contributed by atoms with Gasteiger partial charge in [-0.2, -0.15) is 0 Å². The standard InChI is InChI=1S/C13H16O2/c14-13(11-7-3-1-4-8-11)15-12-9-5-2-6-10-12/h1,3-4,7-8,12H,2,5-6,9-10H2. The lowest BCUT2D eigenvalue weighted by atomic mass is 9.98. The Morgan fingerprint density at radius 3 is 2.40 bits per heavy atom. The van der Waals surface area contributed by atoms with Crippen molar-refractivity contribution < 1.29 is 9.53 Å². The minimum Gasteiger partial charge on any atom is -0.459 e. The van der Waals surface area contributed by atoms with Crippen molar-refractivity contribution in [2.45, 2.75) is 38.2 Å². The van der Waals surface area contributed by atoms with Crippen LogP contribution in [-0.2, 0) is 4.74 Å². The number of hydrogen-bond acceptors (Lipinski definition) is 2. The minimum atomic E-state index is -0.178. The van der Waals surface area contributed by atoms with Crippen LogP contribution in [-0.4, -0.2) is 12.1 Å². The molecule has 0 atom stereocenters. The summed E-state index contributed by atoms with van der Waals surface area (Å²) < 4.78 is 5.44. The largest absolute Gasteiger partial charge is 0.459 e. The zero-order valence-corrected chi connectivity index (χ0v) is 8.82. The lowest BCUT2D eigenvalue weighted by molar-refractivity contribution is 0.0211. The van der Waals surface area contributed by atoms with E-state index in [0.717, 1.165) is 12.8 Å². The Bertz CT molecular complexity index is 313. The Balaban J connectivity index is 1.91. The predicted octanol–water partition coefficient (Wildman–Crippen LogP) is 3.18. The van der Waals surface area contributed by atoms with Crippen LogP contribution in [0.4, 0.5) is 0 Å². The minimum absolute atomic E-state index is 0.145. The van der Waals surface area contributed by atoms with Crippen molar-refractivity contribution in [3.8, 4) is 0 Å². The Morgan fingerprint density at radius 1 is 1.07 bits per heavy atom. The number of carbonyl (C=O) groups excluding carboxylic acids is 1. The first kappa shape index (κ1) is 10.2. The Morgan fingerprint density at radius 2 is 1.73 bits per heavy atom. The molecule has 2 heteroatoms. The van der Waals surface area contributed by atoms with Crippen molar-refractivity contribution in [1.82, 2.24) is 0 Å². The van der Waals surface area contributed by atoms with E-state index < -0.39 is 0 Å². The number of benzene rings is 1. The summed E-state index contributed by atoms with van der Waals surface area (Å²) in [7, 11) is 0. The molecule has 1 aliphatic rings. The average molecular weight is 204 g/mol. The quantitative estimate of drug-likeness (QED) is 0.691. The monoisotopic (exact) mass is 204 g/mol. The molecule has 0 unspecified atom stereocenters. The van der Waals surface area contributed by atoms with Crippen LogP contribution < -0.4 is 0 Å². The molecule has 0 amide bonds. The third kappa shape index (κ3) is 2.82. The Hall–Kier alpha value is -1.31. The number of hydrogen-bond donors (Lipinski definition) is 0. The maximum absolute atomic E-state index is 11.7. The lowest BCUT2D eigenvalue weighted by Gasteiger charge is -2.21. The van der Waals surface area contributed by atoms with Crippen LogP contribution in [0.5, 0.6) is 0 Å². The van der Waals surface area contributed by atoms with E-state index in [2.05, 4.69) is 0 Å². The molecule has 0 aromatic heterocycles. The smallest absolute Gasteiger partial charge is 0.338 e. The van der Waals surface area contributed by atoms with E-state index in [-0.39, 0.29) is 12.1 Å². The molecule has 0 aliphatic heterocycles. The molecule has 0 saturated heterocycles. The molecule has 1 fully saturated rings. The van der Waals surface area contributed by atoms with E-state index in [0.29, 0.717) is 5.56 Å². The summed E-state index contributed by atoms with van der Waals surface area (Å²) in [5.74, 6) is -0.178. The van der Waals surface area contributed by atoms with Crippen LogP contribution in [0.15, 0.2) is 30.3 Å². The van der Waals surface area contributed by atoms with Crippen LogP contribution in [0, 0.1) is 0 Å². The number of esters is 1. The predicted molar refractivity (Wildman–Crippen MR) is 58.7 cm³/mol. The zero-order chi connectivity index (χ0) is 10.5. The van der Waals surface area contributed by atoms with Gasteiger partial charge in [0.2, 0.25) is 0 Å². The maximum Gasteiger partial charge on any atom is 0.338 e. The molecule has 1 aromatic rings.